The largest absolute Gasteiger partial charge is 0.380 e. The topological polar surface area (TPSA) is 20.2 Å². The summed E-state index contributed by atoms with van der Waals surface area (Å²) in [5.41, 5.74) is 4.34. The second kappa shape index (κ2) is 14.0. The van der Waals surface area contributed by atoms with E-state index in [0.29, 0.717) is 0 Å². The summed E-state index contributed by atoms with van der Waals surface area (Å²) in [5, 5.41) is 14.9. The van der Waals surface area contributed by atoms with Gasteiger partial charge < -0.3 is 5.11 Å². The van der Waals surface area contributed by atoms with Gasteiger partial charge in [0.1, 0.15) is 5.60 Å². The lowest BCUT2D eigenvalue weighted by molar-refractivity contribution is -0.0345. The molecular formula is C54H42O. The summed E-state index contributed by atoms with van der Waals surface area (Å²) in [7, 11) is 0. The standard InChI is InChI=1S/C54H42O/c55-51(43-27-11-2-12-28-43)41-50(42-25-9-1-10-26-42)52(44-29-13-3-14-30-44,45-31-15-4-16-32-45)54(48-37-21-7-22-38-48,49-39-23-8-24-40-49)53(51,46-33-17-5-18-34-46)47-35-19-6-20-36-47/h1-41,55H. The average Bonchev–Trinajstić information content (AvgIpc) is 3.28. The molecule has 0 heterocycles. The summed E-state index contributed by atoms with van der Waals surface area (Å²) in [6.45, 7) is 0. The first kappa shape index (κ1) is 34.2. The molecule has 0 saturated carbocycles. The Bertz CT molecular complexity index is 2380. The van der Waals surface area contributed by atoms with Crippen molar-refractivity contribution in [3.63, 3.8) is 0 Å². The third kappa shape index (κ3) is 4.90. The number of hydrogen-bond donors (Lipinski definition) is 1. The number of benzene rings is 8. The summed E-state index contributed by atoms with van der Waals surface area (Å²) in [6.07, 6.45) is 2.22. The highest BCUT2D eigenvalue weighted by molar-refractivity contribution is 5.89. The number of aliphatic hydroxyl groups is 1. The van der Waals surface area contributed by atoms with E-state index >= 15 is 0 Å². The fourth-order valence-corrected chi connectivity index (χ4v) is 10.2. The van der Waals surface area contributed by atoms with Gasteiger partial charge in [-0.25, -0.2) is 0 Å². The summed E-state index contributed by atoms with van der Waals surface area (Å²) < 4.78 is 0. The van der Waals surface area contributed by atoms with Gasteiger partial charge in [-0.3, -0.25) is 0 Å². The van der Waals surface area contributed by atoms with Crippen molar-refractivity contribution in [3.8, 4) is 0 Å². The minimum absolute atomic E-state index is 0.807. The second-order valence-corrected chi connectivity index (χ2v) is 14.5. The van der Waals surface area contributed by atoms with E-state index in [0.717, 1.165) is 50.1 Å². The molecule has 0 bridgehead atoms. The van der Waals surface area contributed by atoms with Crippen molar-refractivity contribution in [2.24, 2.45) is 0 Å². The lowest BCUT2D eigenvalue weighted by Gasteiger charge is -2.69. The van der Waals surface area contributed by atoms with E-state index < -0.39 is 21.8 Å². The lowest BCUT2D eigenvalue weighted by atomic mass is 9.32. The van der Waals surface area contributed by atoms with Crippen molar-refractivity contribution >= 4 is 5.57 Å². The summed E-state index contributed by atoms with van der Waals surface area (Å²) in [4.78, 5) is 0. The van der Waals surface area contributed by atoms with Gasteiger partial charge in [0, 0.05) is 0 Å². The third-order valence-electron chi connectivity index (χ3n) is 12.0. The van der Waals surface area contributed by atoms with E-state index in [1.54, 1.807) is 0 Å². The highest BCUT2D eigenvalue weighted by Crippen LogP contribution is 2.75. The number of rotatable bonds is 8. The quantitative estimate of drug-likeness (QED) is 0.167. The zero-order valence-corrected chi connectivity index (χ0v) is 30.6. The molecule has 0 radical (unpaired) electrons. The fourth-order valence-electron chi connectivity index (χ4n) is 10.2. The predicted molar refractivity (Wildman–Crippen MR) is 226 cm³/mol. The van der Waals surface area contributed by atoms with Crippen molar-refractivity contribution < 1.29 is 5.11 Å². The Hall–Kier alpha value is -6.54. The van der Waals surface area contributed by atoms with Crippen molar-refractivity contribution in [1.29, 1.82) is 0 Å². The maximum absolute atomic E-state index is 14.9. The first-order valence-corrected chi connectivity index (χ1v) is 19.1. The first-order chi connectivity index (χ1) is 27.2. The van der Waals surface area contributed by atoms with Crippen LogP contribution in [0.5, 0.6) is 0 Å². The summed E-state index contributed by atoms with van der Waals surface area (Å²) in [5.74, 6) is 0. The molecule has 0 spiro atoms. The maximum atomic E-state index is 14.9. The Morgan fingerprint density at radius 1 is 0.255 bits per heavy atom. The molecule has 9 rings (SSSR count). The maximum Gasteiger partial charge on any atom is 0.123 e. The van der Waals surface area contributed by atoms with Crippen LogP contribution < -0.4 is 0 Å². The zero-order valence-electron chi connectivity index (χ0n) is 30.6. The van der Waals surface area contributed by atoms with Gasteiger partial charge in [-0.05, 0) is 56.2 Å². The third-order valence-corrected chi connectivity index (χ3v) is 12.0. The van der Waals surface area contributed by atoms with Crippen LogP contribution in [0, 0.1) is 0 Å². The Morgan fingerprint density at radius 2 is 0.509 bits per heavy atom. The van der Waals surface area contributed by atoms with E-state index in [2.05, 4.69) is 231 Å². The van der Waals surface area contributed by atoms with Crippen LogP contribution in [-0.4, -0.2) is 5.11 Å². The molecule has 1 heteroatoms. The molecule has 1 nitrogen and oxygen atoms in total. The molecule has 55 heavy (non-hydrogen) atoms. The molecule has 1 aliphatic carbocycles. The van der Waals surface area contributed by atoms with Crippen LogP contribution in [0.1, 0.15) is 44.5 Å². The smallest absolute Gasteiger partial charge is 0.123 e. The average molecular weight is 707 g/mol. The van der Waals surface area contributed by atoms with E-state index in [-0.39, 0.29) is 0 Å². The minimum Gasteiger partial charge on any atom is -0.380 e. The summed E-state index contributed by atoms with van der Waals surface area (Å²) in [6, 6.07) is 86.5. The Kier molecular flexibility index (Phi) is 8.73. The van der Waals surface area contributed by atoms with E-state index in [1.807, 2.05) is 18.2 Å². The molecule has 8 aromatic carbocycles. The van der Waals surface area contributed by atoms with Crippen LogP contribution in [0.3, 0.4) is 0 Å². The molecule has 1 aliphatic rings. The zero-order chi connectivity index (χ0) is 37.2. The van der Waals surface area contributed by atoms with Gasteiger partial charge in [-0.1, -0.05) is 243 Å². The molecule has 8 aromatic rings. The van der Waals surface area contributed by atoms with Gasteiger partial charge in [0.2, 0.25) is 0 Å². The van der Waals surface area contributed by atoms with Crippen LogP contribution in [-0.2, 0) is 21.8 Å². The molecule has 0 aromatic heterocycles. The van der Waals surface area contributed by atoms with Crippen LogP contribution in [0.2, 0.25) is 0 Å². The van der Waals surface area contributed by atoms with Crippen LogP contribution in [0.15, 0.2) is 249 Å². The molecule has 0 saturated heterocycles. The molecule has 1 unspecified atom stereocenters. The summed E-state index contributed by atoms with van der Waals surface area (Å²) >= 11 is 0. The van der Waals surface area contributed by atoms with E-state index in [4.69, 9.17) is 0 Å². The van der Waals surface area contributed by atoms with Gasteiger partial charge in [0.15, 0.2) is 0 Å². The minimum atomic E-state index is -1.64. The van der Waals surface area contributed by atoms with Crippen molar-refractivity contribution in [2.75, 3.05) is 0 Å². The number of hydrogen-bond acceptors (Lipinski definition) is 1. The highest BCUT2D eigenvalue weighted by Gasteiger charge is 2.76. The molecule has 1 N–H and O–H groups in total. The van der Waals surface area contributed by atoms with Gasteiger partial charge in [-0.2, -0.15) is 0 Å². The Labute approximate surface area is 324 Å². The van der Waals surface area contributed by atoms with Crippen LogP contribution in [0.25, 0.3) is 5.57 Å². The Balaban J connectivity index is 1.71. The van der Waals surface area contributed by atoms with Gasteiger partial charge in [-0.15, -0.1) is 0 Å². The number of allylic oxidation sites excluding steroid dienone is 1. The van der Waals surface area contributed by atoms with E-state index in [9.17, 15) is 5.11 Å². The SMILES string of the molecule is OC1(c2ccccc2)C=C(c2ccccc2)C(c2ccccc2)(c2ccccc2)C(c2ccccc2)(c2ccccc2)C1(c1ccccc1)c1ccccc1. The Morgan fingerprint density at radius 3 is 0.836 bits per heavy atom. The van der Waals surface area contributed by atoms with Crippen molar-refractivity contribution in [3.05, 3.63) is 293 Å². The second-order valence-electron chi connectivity index (χ2n) is 14.5. The first-order valence-electron chi connectivity index (χ1n) is 19.1. The predicted octanol–water partition coefficient (Wildman–Crippen LogP) is 11.9. The van der Waals surface area contributed by atoms with Gasteiger partial charge in [0.25, 0.3) is 0 Å². The van der Waals surface area contributed by atoms with Gasteiger partial charge >= 0.3 is 0 Å². The van der Waals surface area contributed by atoms with Crippen LogP contribution >= 0.6 is 0 Å². The lowest BCUT2D eigenvalue weighted by Crippen LogP contribution is -2.72. The molecule has 0 fully saturated rings. The van der Waals surface area contributed by atoms with E-state index in [1.165, 1.54) is 0 Å². The van der Waals surface area contributed by atoms with Crippen molar-refractivity contribution in [1.82, 2.24) is 0 Å². The highest BCUT2D eigenvalue weighted by atomic mass is 16.3. The molecule has 0 amide bonds. The van der Waals surface area contributed by atoms with Crippen molar-refractivity contribution in [2.45, 2.75) is 21.8 Å². The monoisotopic (exact) mass is 706 g/mol. The fraction of sp³-hybridized carbons (Fsp3) is 0.0741. The molecule has 264 valence electrons. The normalized spacial score (nSPS) is 18.2. The molecule has 1 atom stereocenters. The van der Waals surface area contributed by atoms with Crippen LogP contribution in [0.4, 0.5) is 0 Å². The molecule has 0 aliphatic heterocycles. The molecular weight excluding hydrogens is 665 g/mol. The van der Waals surface area contributed by atoms with Gasteiger partial charge in [0.05, 0.1) is 16.2 Å².